The summed E-state index contributed by atoms with van der Waals surface area (Å²) in [6.45, 7) is 2.69. The van der Waals surface area contributed by atoms with Crippen LogP contribution in [0.4, 0.5) is 0 Å². The fourth-order valence-electron chi connectivity index (χ4n) is 2.28. The molecule has 0 aliphatic carbocycles. The summed E-state index contributed by atoms with van der Waals surface area (Å²) in [6, 6.07) is 17.8. The number of aromatic hydroxyl groups is 1. The fraction of sp³-hybridized carbons (Fsp3) is 0.294. The first-order valence-corrected chi connectivity index (χ1v) is 6.79. The van der Waals surface area contributed by atoms with Gasteiger partial charge in [-0.05, 0) is 30.2 Å². The molecule has 3 heteroatoms. The lowest BCUT2D eigenvalue weighted by atomic mass is 10.0. The summed E-state index contributed by atoms with van der Waals surface area (Å²) in [6.07, 6.45) is 0. The van der Waals surface area contributed by atoms with Crippen LogP contribution in [0.3, 0.4) is 0 Å². The summed E-state index contributed by atoms with van der Waals surface area (Å²) in [5.74, 6) is 0.291. The molecule has 0 bridgehead atoms. The molecule has 0 aliphatic rings. The van der Waals surface area contributed by atoms with Crippen molar-refractivity contribution in [2.75, 3.05) is 13.7 Å². The largest absolute Gasteiger partial charge is 0.508 e. The van der Waals surface area contributed by atoms with Crippen LogP contribution >= 0.6 is 0 Å². The zero-order valence-corrected chi connectivity index (χ0v) is 11.9. The Morgan fingerprint density at radius 2 is 1.75 bits per heavy atom. The van der Waals surface area contributed by atoms with E-state index < -0.39 is 0 Å². The molecular weight excluding hydrogens is 250 g/mol. The number of nitrogens with one attached hydrogen (secondary N) is 1. The number of hydrogen-bond donors (Lipinski definition) is 2. The van der Waals surface area contributed by atoms with Gasteiger partial charge in [0, 0.05) is 13.2 Å². The van der Waals surface area contributed by atoms with Crippen molar-refractivity contribution in [3.05, 3.63) is 65.7 Å². The van der Waals surface area contributed by atoms with Crippen LogP contribution in [-0.2, 0) is 4.74 Å². The van der Waals surface area contributed by atoms with Gasteiger partial charge in [-0.3, -0.25) is 0 Å². The maximum absolute atomic E-state index is 9.56. The highest BCUT2D eigenvalue weighted by atomic mass is 16.5. The van der Waals surface area contributed by atoms with E-state index in [0.717, 1.165) is 5.56 Å². The monoisotopic (exact) mass is 271 g/mol. The Morgan fingerprint density at radius 3 is 2.40 bits per heavy atom. The summed E-state index contributed by atoms with van der Waals surface area (Å²) in [5.41, 5.74) is 2.25. The molecule has 0 heterocycles. The van der Waals surface area contributed by atoms with Crippen LogP contribution in [0, 0.1) is 0 Å². The van der Waals surface area contributed by atoms with E-state index >= 15 is 0 Å². The highest BCUT2D eigenvalue weighted by molar-refractivity contribution is 5.29. The smallest absolute Gasteiger partial charge is 0.115 e. The third-order valence-corrected chi connectivity index (χ3v) is 3.36. The van der Waals surface area contributed by atoms with Crippen molar-refractivity contribution in [3.8, 4) is 5.75 Å². The third-order valence-electron chi connectivity index (χ3n) is 3.36. The van der Waals surface area contributed by atoms with Gasteiger partial charge >= 0.3 is 0 Å². The molecule has 0 fully saturated rings. The number of methoxy groups -OCH3 is 1. The molecule has 106 valence electrons. The van der Waals surface area contributed by atoms with Crippen molar-refractivity contribution < 1.29 is 9.84 Å². The van der Waals surface area contributed by atoms with Gasteiger partial charge in [0.05, 0.1) is 12.6 Å². The fourth-order valence-corrected chi connectivity index (χ4v) is 2.28. The first kappa shape index (κ1) is 14.6. The summed E-state index contributed by atoms with van der Waals surface area (Å²) < 4.78 is 5.31. The van der Waals surface area contributed by atoms with Crippen LogP contribution in [0.2, 0.25) is 0 Å². The predicted octanol–water partition coefficient (Wildman–Crippen LogP) is 3.43. The van der Waals surface area contributed by atoms with Gasteiger partial charge in [0.1, 0.15) is 5.75 Å². The minimum Gasteiger partial charge on any atom is -0.508 e. The van der Waals surface area contributed by atoms with Gasteiger partial charge < -0.3 is 15.2 Å². The molecule has 0 aromatic heterocycles. The molecular formula is C17H21NO2. The quantitative estimate of drug-likeness (QED) is 0.845. The lowest BCUT2D eigenvalue weighted by molar-refractivity contribution is 0.162. The summed E-state index contributed by atoms with van der Waals surface area (Å²) in [7, 11) is 1.70. The van der Waals surface area contributed by atoms with Gasteiger partial charge in [-0.2, -0.15) is 0 Å². The van der Waals surface area contributed by atoms with E-state index in [1.165, 1.54) is 5.56 Å². The van der Waals surface area contributed by atoms with Crippen LogP contribution in [-0.4, -0.2) is 18.8 Å². The highest BCUT2D eigenvalue weighted by Gasteiger charge is 2.15. The lowest BCUT2D eigenvalue weighted by Gasteiger charge is -2.23. The molecule has 3 nitrogen and oxygen atoms in total. The van der Waals surface area contributed by atoms with Crippen molar-refractivity contribution in [2.24, 2.45) is 0 Å². The van der Waals surface area contributed by atoms with E-state index in [1.807, 2.05) is 30.3 Å². The molecule has 2 aromatic rings. The summed E-state index contributed by atoms with van der Waals surface area (Å²) in [5, 5.41) is 13.1. The SMILES string of the molecule is COCC(NC(C)c1cccc(O)c1)c1ccccc1. The molecule has 0 radical (unpaired) electrons. The third kappa shape index (κ3) is 3.83. The number of phenolic OH excluding ortho intramolecular Hbond substituents is 1. The van der Waals surface area contributed by atoms with Crippen LogP contribution in [0.5, 0.6) is 5.75 Å². The molecule has 2 aromatic carbocycles. The van der Waals surface area contributed by atoms with Crippen molar-refractivity contribution in [3.63, 3.8) is 0 Å². The average molecular weight is 271 g/mol. The molecule has 2 rings (SSSR count). The number of ether oxygens (including phenoxy) is 1. The van der Waals surface area contributed by atoms with E-state index in [-0.39, 0.29) is 12.1 Å². The van der Waals surface area contributed by atoms with Crippen LogP contribution in [0.25, 0.3) is 0 Å². The molecule has 0 spiro atoms. The van der Waals surface area contributed by atoms with Crippen molar-refractivity contribution in [1.82, 2.24) is 5.32 Å². The van der Waals surface area contributed by atoms with Gasteiger partial charge in [-0.15, -0.1) is 0 Å². The Balaban J connectivity index is 2.12. The van der Waals surface area contributed by atoms with Gasteiger partial charge in [-0.1, -0.05) is 42.5 Å². The van der Waals surface area contributed by atoms with Crippen LogP contribution in [0.1, 0.15) is 30.1 Å². The molecule has 0 saturated heterocycles. The minimum absolute atomic E-state index is 0.124. The van der Waals surface area contributed by atoms with E-state index in [2.05, 4.69) is 24.4 Å². The molecule has 2 atom stereocenters. The molecule has 2 N–H and O–H groups in total. The molecule has 2 unspecified atom stereocenters. The van der Waals surface area contributed by atoms with E-state index in [4.69, 9.17) is 4.74 Å². The second-order valence-corrected chi connectivity index (χ2v) is 4.90. The standard InChI is InChI=1S/C17H21NO2/c1-13(15-9-6-10-16(19)11-15)18-17(12-20-2)14-7-4-3-5-8-14/h3-11,13,17-19H,12H2,1-2H3. The Kier molecular flexibility index (Phi) is 5.16. The summed E-state index contributed by atoms with van der Waals surface area (Å²) >= 11 is 0. The van der Waals surface area contributed by atoms with Gasteiger partial charge in [-0.25, -0.2) is 0 Å². The molecule has 0 saturated carbocycles. The summed E-state index contributed by atoms with van der Waals surface area (Å²) in [4.78, 5) is 0. The molecule has 20 heavy (non-hydrogen) atoms. The number of benzene rings is 2. The Morgan fingerprint density at radius 1 is 1.05 bits per heavy atom. The number of rotatable bonds is 6. The zero-order valence-electron chi connectivity index (χ0n) is 11.9. The van der Waals surface area contributed by atoms with E-state index in [9.17, 15) is 5.11 Å². The normalized spacial score (nSPS) is 13.9. The van der Waals surface area contributed by atoms with Gasteiger partial charge in [0.2, 0.25) is 0 Å². The molecule has 0 aliphatic heterocycles. The first-order chi connectivity index (χ1) is 9.70. The topological polar surface area (TPSA) is 41.5 Å². The lowest BCUT2D eigenvalue weighted by Crippen LogP contribution is -2.28. The maximum Gasteiger partial charge on any atom is 0.115 e. The van der Waals surface area contributed by atoms with Crippen LogP contribution in [0.15, 0.2) is 54.6 Å². The second kappa shape index (κ2) is 7.08. The highest BCUT2D eigenvalue weighted by Crippen LogP contribution is 2.22. The van der Waals surface area contributed by atoms with Crippen molar-refractivity contribution in [1.29, 1.82) is 0 Å². The van der Waals surface area contributed by atoms with Crippen molar-refractivity contribution in [2.45, 2.75) is 19.0 Å². The van der Waals surface area contributed by atoms with E-state index in [1.54, 1.807) is 19.2 Å². The van der Waals surface area contributed by atoms with Crippen molar-refractivity contribution >= 4 is 0 Å². The predicted molar refractivity (Wildman–Crippen MR) is 80.7 cm³/mol. The Bertz CT molecular complexity index is 528. The minimum atomic E-state index is 0.124. The van der Waals surface area contributed by atoms with Gasteiger partial charge in [0.25, 0.3) is 0 Å². The Labute approximate surface area is 120 Å². The zero-order chi connectivity index (χ0) is 14.4. The average Bonchev–Trinajstić information content (AvgIpc) is 2.47. The molecule has 0 amide bonds. The number of phenols is 1. The Hall–Kier alpha value is -1.84. The van der Waals surface area contributed by atoms with E-state index in [0.29, 0.717) is 12.4 Å². The van der Waals surface area contributed by atoms with Crippen LogP contribution < -0.4 is 5.32 Å². The number of hydrogen-bond acceptors (Lipinski definition) is 3. The van der Waals surface area contributed by atoms with Gasteiger partial charge in [0.15, 0.2) is 0 Å². The maximum atomic E-state index is 9.56. The second-order valence-electron chi connectivity index (χ2n) is 4.90. The first-order valence-electron chi connectivity index (χ1n) is 6.79.